The number of carboxylic acid groups (broad SMARTS) is 1. The molecule has 4 nitrogen and oxygen atoms in total. The predicted molar refractivity (Wildman–Crippen MR) is 42.4 cm³/mol. The molecule has 0 saturated heterocycles. The van der Waals surface area contributed by atoms with Crippen LogP contribution in [0.1, 0.15) is 0 Å². The molecule has 58 valence electrons. The molecule has 2 N–H and O–H groups in total. The van der Waals surface area contributed by atoms with Gasteiger partial charge in [-0.2, -0.15) is 25.3 Å². The van der Waals surface area contributed by atoms with Gasteiger partial charge in [0, 0.05) is 0 Å². The Morgan fingerprint density at radius 2 is 2.00 bits per heavy atom. The van der Waals surface area contributed by atoms with E-state index in [0.717, 1.165) is 0 Å². The molecule has 0 aromatic rings. The van der Waals surface area contributed by atoms with Crippen molar-refractivity contribution < 1.29 is 14.7 Å². The molecule has 10 heavy (non-hydrogen) atoms. The van der Waals surface area contributed by atoms with Gasteiger partial charge < -0.3 is 10.4 Å². The zero-order valence-electron chi connectivity index (χ0n) is 4.94. The van der Waals surface area contributed by atoms with Gasteiger partial charge in [0.2, 0.25) is 5.91 Å². The minimum absolute atomic E-state index is 0.392. The molecule has 0 rings (SSSR count). The lowest BCUT2D eigenvalue weighted by Gasteiger charge is -2.02. The van der Waals surface area contributed by atoms with Crippen LogP contribution in [-0.2, 0) is 9.59 Å². The minimum atomic E-state index is -1.09. The Bertz CT molecular complexity index is 147. The van der Waals surface area contributed by atoms with E-state index in [1.807, 2.05) is 0 Å². The molecule has 0 saturated carbocycles. The maximum absolute atomic E-state index is 10.5. The molecule has 0 unspecified atom stereocenters. The van der Waals surface area contributed by atoms with E-state index in [2.05, 4.69) is 30.6 Å². The summed E-state index contributed by atoms with van der Waals surface area (Å²) in [4.78, 5) is 20.4. The third-order valence-electron chi connectivity index (χ3n) is 0.648. The summed E-state index contributed by atoms with van der Waals surface area (Å²) >= 11 is 7.31. The molecule has 0 heterocycles. The highest BCUT2D eigenvalue weighted by atomic mass is 32.2. The second-order valence-electron chi connectivity index (χ2n) is 1.49. The highest BCUT2D eigenvalue weighted by Crippen LogP contribution is 1.97. The van der Waals surface area contributed by atoms with Gasteiger partial charge in [-0.15, -0.1) is 0 Å². The Morgan fingerprint density at radius 3 is 2.30 bits per heavy atom. The van der Waals surface area contributed by atoms with Crippen molar-refractivity contribution in [3.8, 4) is 0 Å². The molecule has 0 aliphatic carbocycles. The fourth-order valence-electron chi connectivity index (χ4n) is 0.254. The first-order valence-electron chi connectivity index (χ1n) is 2.39. The Balaban J connectivity index is 3.50. The molecule has 6 heteroatoms. The summed E-state index contributed by atoms with van der Waals surface area (Å²) in [5.74, 6) is -1.59. The summed E-state index contributed by atoms with van der Waals surface area (Å²) in [7, 11) is 0. The lowest BCUT2D eigenvalue weighted by molar-refractivity contribution is -0.137. The van der Waals surface area contributed by atoms with Crippen LogP contribution in [0.3, 0.4) is 0 Å². The quantitative estimate of drug-likeness (QED) is 0.346. The topological polar surface area (TPSA) is 66.4 Å². The number of aliphatic carboxylic acids is 1. The molecule has 0 radical (unpaired) electrons. The normalized spacial score (nSPS) is 9.50. The number of amides is 1. The average molecular weight is 181 g/mol. The summed E-state index contributed by atoms with van der Waals surface area (Å²) in [6.45, 7) is -0.392. The van der Waals surface area contributed by atoms with E-state index < -0.39 is 23.0 Å². The smallest absolute Gasteiger partial charge is 0.322 e. The molecule has 0 aromatic heterocycles. The number of hydrogen-bond acceptors (Lipinski definition) is 4. The molecule has 0 atom stereocenters. The molecular formula is C4H7NO3S2. The van der Waals surface area contributed by atoms with Crippen molar-refractivity contribution in [3.05, 3.63) is 0 Å². The van der Waals surface area contributed by atoms with Crippen molar-refractivity contribution in [2.24, 2.45) is 0 Å². The average Bonchev–Trinajstić information content (AvgIpc) is 1.82. The second kappa shape index (κ2) is 4.45. The standard InChI is InChI=1S/C4H7NO3S2/c6-2(7)1-5-3(8)4(9)10/h4,9-10H,1H2,(H,5,8)(H,6,7). The van der Waals surface area contributed by atoms with Crippen LogP contribution in [-0.4, -0.2) is 28.1 Å². The number of carbonyl (C=O) groups is 2. The third-order valence-corrected chi connectivity index (χ3v) is 1.12. The van der Waals surface area contributed by atoms with Crippen LogP contribution in [0.2, 0.25) is 0 Å². The zero-order chi connectivity index (χ0) is 8.15. The number of thiol groups is 2. The Hall–Kier alpha value is -0.360. The number of hydrogen-bond donors (Lipinski definition) is 4. The van der Waals surface area contributed by atoms with E-state index in [0.29, 0.717) is 0 Å². The van der Waals surface area contributed by atoms with E-state index in [9.17, 15) is 9.59 Å². The number of carbonyl (C=O) groups excluding carboxylic acids is 1. The van der Waals surface area contributed by atoms with Crippen molar-refractivity contribution in [2.75, 3.05) is 6.54 Å². The lowest BCUT2D eigenvalue weighted by Crippen LogP contribution is -2.33. The summed E-state index contributed by atoms with van der Waals surface area (Å²) in [5.41, 5.74) is 0. The van der Waals surface area contributed by atoms with Gasteiger partial charge in [-0.05, 0) is 0 Å². The van der Waals surface area contributed by atoms with Crippen LogP contribution in [0.25, 0.3) is 0 Å². The number of rotatable bonds is 3. The zero-order valence-corrected chi connectivity index (χ0v) is 6.73. The summed E-state index contributed by atoms with van der Waals surface area (Å²) in [5, 5.41) is 10.2. The van der Waals surface area contributed by atoms with Gasteiger partial charge >= 0.3 is 5.97 Å². The van der Waals surface area contributed by atoms with Crippen LogP contribution >= 0.6 is 25.3 Å². The van der Waals surface area contributed by atoms with E-state index in [-0.39, 0.29) is 0 Å². The molecule has 0 aromatic carbocycles. The Morgan fingerprint density at radius 1 is 1.50 bits per heavy atom. The molecule has 0 aliphatic rings. The summed E-state index contributed by atoms with van der Waals surface area (Å²) in [6.07, 6.45) is 0. The Kier molecular flexibility index (Phi) is 4.29. The van der Waals surface area contributed by atoms with Crippen LogP contribution < -0.4 is 5.32 Å². The Labute approximate surface area is 68.8 Å². The van der Waals surface area contributed by atoms with Gasteiger partial charge in [0.15, 0.2) is 0 Å². The SMILES string of the molecule is O=C(O)CNC(=O)C(S)S. The van der Waals surface area contributed by atoms with Crippen molar-refractivity contribution in [1.82, 2.24) is 5.32 Å². The largest absolute Gasteiger partial charge is 0.480 e. The molecule has 0 bridgehead atoms. The van der Waals surface area contributed by atoms with Crippen LogP contribution in [0.15, 0.2) is 0 Å². The van der Waals surface area contributed by atoms with Crippen molar-refractivity contribution in [3.63, 3.8) is 0 Å². The van der Waals surface area contributed by atoms with Gasteiger partial charge in [0.1, 0.15) is 11.1 Å². The first-order chi connectivity index (χ1) is 4.54. The van der Waals surface area contributed by atoms with Gasteiger partial charge in [-0.1, -0.05) is 0 Å². The van der Waals surface area contributed by atoms with E-state index in [1.54, 1.807) is 0 Å². The predicted octanol–water partition coefficient (Wildman–Crippen LogP) is -0.627. The highest BCUT2D eigenvalue weighted by molar-refractivity contribution is 8.00. The minimum Gasteiger partial charge on any atom is -0.480 e. The molecule has 0 fully saturated rings. The number of nitrogens with one attached hydrogen (secondary N) is 1. The summed E-state index contributed by atoms with van der Waals surface area (Å²) in [6, 6.07) is 0. The molecule has 0 spiro atoms. The molecule has 0 aliphatic heterocycles. The van der Waals surface area contributed by atoms with E-state index in [1.165, 1.54) is 0 Å². The second-order valence-corrected chi connectivity index (χ2v) is 2.93. The van der Waals surface area contributed by atoms with Crippen molar-refractivity contribution in [1.29, 1.82) is 0 Å². The van der Waals surface area contributed by atoms with Gasteiger partial charge in [0.05, 0.1) is 0 Å². The fraction of sp³-hybridized carbons (Fsp3) is 0.500. The van der Waals surface area contributed by atoms with E-state index >= 15 is 0 Å². The maximum atomic E-state index is 10.5. The summed E-state index contributed by atoms with van der Waals surface area (Å²) < 4.78 is -0.764. The van der Waals surface area contributed by atoms with Gasteiger partial charge in [0.25, 0.3) is 0 Å². The van der Waals surface area contributed by atoms with Crippen molar-refractivity contribution >= 4 is 37.1 Å². The van der Waals surface area contributed by atoms with Gasteiger partial charge in [-0.3, -0.25) is 9.59 Å². The highest BCUT2D eigenvalue weighted by Gasteiger charge is 2.08. The first-order valence-corrected chi connectivity index (χ1v) is 3.43. The van der Waals surface area contributed by atoms with E-state index in [4.69, 9.17) is 5.11 Å². The molecule has 1 amide bonds. The van der Waals surface area contributed by atoms with Gasteiger partial charge in [-0.25, -0.2) is 0 Å². The monoisotopic (exact) mass is 181 g/mol. The van der Waals surface area contributed by atoms with Crippen LogP contribution in [0, 0.1) is 0 Å². The lowest BCUT2D eigenvalue weighted by atomic mass is 10.6. The van der Waals surface area contributed by atoms with Crippen LogP contribution in [0.4, 0.5) is 0 Å². The first kappa shape index (κ1) is 9.64. The third kappa shape index (κ3) is 4.51. The molecular weight excluding hydrogens is 174 g/mol. The maximum Gasteiger partial charge on any atom is 0.322 e. The van der Waals surface area contributed by atoms with Crippen LogP contribution in [0.5, 0.6) is 0 Å². The number of carboxylic acids is 1. The van der Waals surface area contributed by atoms with Crippen molar-refractivity contribution in [2.45, 2.75) is 4.58 Å². The fourth-order valence-corrected chi connectivity index (χ4v) is 0.437.